The van der Waals surface area contributed by atoms with Crippen LogP contribution in [0.2, 0.25) is 0 Å². The summed E-state index contributed by atoms with van der Waals surface area (Å²) >= 11 is 0. The fourth-order valence-corrected chi connectivity index (χ4v) is 4.03. The second-order valence-electron chi connectivity index (χ2n) is 6.59. The second kappa shape index (κ2) is 8.42. The molecular weight excluding hydrogens is 400 g/mol. The average Bonchev–Trinajstić information content (AvgIpc) is 3.16. The van der Waals surface area contributed by atoms with Gasteiger partial charge in [-0.2, -0.15) is 4.98 Å². The number of benzene rings is 3. The van der Waals surface area contributed by atoms with E-state index >= 15 is 0 Å². The van der Waals surface area contributed by atoms with Gasteiger partial charge >= 0.3 is 0 Å². The maximum atomic E-state index is 12.8. The van der Waals surface area contributed by atoms with Crippen LogP contribution in [-0.2, 0) is 16.4 Å². The molecule has 0 bridgehead atoms. The van der Waals surface area contributed by atoms with E-state index in [2.05, 4.69) is 9.71 Å². The maximum Gasteiger partial charge on any atom is 0.263 e. The number of nitrogens with zero attached hydrogens (tertiary/aromatic N) is 1. The Morgan fingerprint density at radius 2 is 1.53 bits per heavy atom. The van der Waals surface area contributed by atoms with Crippen molar-refractivity contribution in [3.63, 3.8) is 0 Å². The molecule has 4 aromatic rings. The van der Waals surface area contributed by atoms with E-state index in [1.807, 2.05) is 30.3 Å². The third-order valence-electron chi connectivity index (χ3n) is 4.51. The standard InChI is InChI=1S/C23H20N2O4S/c1-28-19-14-12-18(13-15-19)22-23(25-30(26,27)20-10-6-3-7-11-20)24-21(29-22)16-17-8-4-2-5-9-17/h2-15,25H,16H2,1H3. The zero-order chi connectivity index (χ0) is 21.0. The van der Waals surface area contributed by atoms with Gasteiger partial charge in [0.25, 0.3) is 10.0 Å². The topological polar surface area (TPSA) is 81.4 Å². The average molecular weight is 420 g/mol. The van der Waals surface area contributed by atoms with Crippen LogP contribution in [0.1, 0.15) is 11.5 Å². The summed E-state index contributed by atoms with van der Waals surface area (Å²) in [6, 6.07) is 25.0. The number of methoxy groups -OCH3 is 1. The monoisotopic (exact) mass is 420 g/mol. The SMILES string of the molecule is COc1ccc(-c2oc(Cc3ccccc3)nc2NS(=O)(=O)c2ccccc2)cc1. The summed E-state index contributed by atoms with van der Waals surface area (Å²) in [6.07, 6.45) is 0.442. The number of oxazole rings is 1. The van der Waals surface area contributed by atoms with Gasteiger partial charge in [0.1, 0.15) is 5.75 Å². The van der Waals surface area contributed by atoms with Gasteiger partial charge in [0.2, 0.25) is 5.89 Å². The summed E-state index contributed by atoms with van der Waals surface area (Å²) in [7, 11) is -2.23. The Balaban J connectivity index is 1.73. The van der Waals surface area contributed by atoms with E-state index in [4.69, 9.17) is 9.15 Å². The molecule has 0 aliphatic carbocycles. The summed E-state index contributed by atoms with van der Waals surface area (Å²) in [5.41, 5.74) is 1.70. The molecule has 3 aromatic carbocycles. The van der Waals surface area contributed by atoms with Crippen LogP contribution in [0.3, 0.4) is 0 Å². The lowest BCUT2D eigenvalue weighted by Crippen LogP contribution is -2.13. The van der Waals surface area contributed by atoms with Gasteiger partial charge in [-0.25, -0.2) is 8.42 Å². The number of nitrogens with one attached hydrogen (secondary N) is 1. The van der Waals surface area contributed by atoms with Crippen molar-refractivity contribution in [2.75, 3.05) is 11.8 Å². The Kier molecular flexibility index (Phi) is 5.54. The van der Waals surface area contributed by atoms with Gasteiger partial charge in [-0.05, 0) is 42.0 Å². The van der Waals surface area contributed by atoms with Gasteiger partial charge in [0, 0.05) is 12.0 Å². The van der Waals surface area contributed by atoms with E-state index < -0.39 is 10.0 Å². The van der Waals surface area contributed by atoms with Crippen LogP contribution in [0.15, 0.2) is 94.2 Å². The number of sulfonamides is 1. The predicted molar refractivity (Wildman–Crippen MR) is 115 cm³/mol. The van der Waals surface area contributed by atoms with Crippen molar-refractivity contribution in [2.45, 2.75) is 11.3 Å². The van der Waals surface area contributed by atoms with Gasteiger partial charge < -0.3 is 9.15 Å². The molecule has 1 N–H and O–H groups in total. The highest BCUT2D eigenvalue weighted by Gasteiger charge is 2.22. The summed E-state index contributed by atoms with van der Waals surface area (Å²) in [5.74, 6) is 1.60. The molecule has 1 heterocycles. The first-order chi connectivity index (χ1) is 14.5. The Hall–Kier alpha value is -3.58. The minimum atomic E-state index is -3.81. The summed E-state index contributed by atoms with van der Waals surface area (Å²) in [6.45, 7) is 0. The first-order valence-electron chi connectivity index (χ1n) is 9.31. The van der Waals surface area contributed by atoms with Gasteiger partial charge in [-0.3, -0.25) is 4.72 Å². The molecule has 0 fully saturated rings. The fourth-order valence-electron chi connectivity index (χ4n) is 3.00. The lowest BCUT2D eigenvalue weighted by atomic mass is 10.1. The van der Waals surface area contributed by atoms with Crippen molar-refractivity contribution in [1.29, 1.82) is 0 Å². The van der Waals surface area contributed by atoms with Crippen LogP contribution in [0, 0.1) is 0 Å². The van der Waals surface area contributed by atoms with E-state index in [9.17, 15) is 8.42 Å². The van der Waals surface area contributed by atoms with E-state index in [0.29, 0.717) is 29.4 Å². The number of aromatic nitrogens is 1. The first-order valence-corrected chi connectivity index (χ1v) is 10.8. The lowest BCUT2D eigenvalue weighted by Gasteiger charge is -2.07. The summed E-state index contributed by atoms with van der Waals surface area (Å²) < 4.78 is 39.4. The Bertz CT molecular complexity index is 1220. The van der Waals surface area contributed by atoms with Crippen LogP contribution < -0.4 is 9.46 Å². The number of hydrogen-bond acceptors (Lipinski definition) is 5. The van der Waals surface area contributed by atoms with Crippen molar-refractivity contribution in [1.82, 2.24) is 4.98 Å². The highest BCUT2D eigenvalue weighted by molar-refractivity contribution is 7.92. The van der Waals surface area contributed by atoms with Crippen molar-refractivity contribution < 1.29 is 17.6 Å². The number of hydrogen-bond donors (Lipinski definition) is 1. The van der Waals surface area contributed by atoms with Crippen LogP contribution in [0.5, 0.6) is 5.75 Å². The molecule has 0 aliphatic heterocycles. The van der Waals surface area contributed by atoms with E-state index in [1.165, 1.54) is 12.1 Å². The van der Waals surface area contributed by atoms with Crippen molar-refractivity contribution >= 4 is 15.8 Å². The molecule has 0 saturated heterocycles. The largest absolute Gasteiger partial charge is 0.497 e. The van der Waals surface area contributed by atoms with E-state index in [1.54, 1.807) is 49.6 Å². The third-order valence-corrected chi connectivity index (χ3v) is 5.86. The molecule has 6 nitrogen and oxygen atoms in total. The second-order valence-corrected chi connectivity index (χ2v) is 8.28. The van der Waals surface area contributed by atoms with E-state index in [-0.39, 0.29) is 10.7 Å². The summed E-state index contributed by atoms with van der Waals surface area (Å²) in [5, 5.41) is 0. The molecule has 7 heteroatoms. The fraction of sp³-hybridized carbons (Fsp3) is 0.0870. The molecule has 0 spiro atoms. The molecule has 0 aliphatic rings. The zero-order valence-corrected chi connectivity index (χ0v) is 17.1. The number of anilines is 1. The highest BCUT2D eigenvalue weighted by atomic mass is 32.2. The Morgan fingerprint density at radius 1 is 0.900 bits per heavy atom. The Morgan fingerprint density at radius 3 is 2.17 bits per heavy atom. The van der Waals surface area contributed by atoms with E-state index in [0.717, 1.165) is 5.56 Å². The molecule has 0 radical (unpaired) electrons. The van der Waals surface area contributed by atoms with Crippen LogP contribution >= 0.6 is 0 Å². The van der Waals surface area contributed by atoms with Gasteiger partial charge in [-0.1, -0.05) is 48.5 Å². The molecular formula is C23H20N2O4S. The van der Waals surface area contributed by atoms with Gasteiger partial charge in [-0.15, -0.1) is 0 Å². The third kappa shape index (κ3) is 4.36. The minimum Gasteiger partial charge on any atom is -0.497 e. The first kappa shape index (κ1) is 19.7. The molecule has 0 saturated carbocycles. The molecule has 152 valence electrons. The van der Waals surface area contributed by atoms with Crippen molar-refractivity contribution in [2.24, 2.45) is 0 Å². The molecule has 0 unspecified atom stereocenters. The maximum absolute atomic E-state index is 12.8. The van der Waals surface area contributed by atoms with Gasteiger partial charge in [0.05, 0.1) is 12.0 Å². The number of ether oxygens (including phenoxy) is 1. The van der Waals surface area contributed by atoms with Crippen LogP contribution in [-0.4, -0.2) is 20.5 Å². The molecule has 4 rings (SSSR count). The van der Waals surface area contributed by atoms with Crippen molar-refractivity contribution in [3.05, 3.63) is 96.4 Å². The minimum absolute atomic E-state index is 0.148. The summed E-state index contributed by atoms with van der Waals surface area (Å²) in [4.78, 5) is 4.60. The normalized spacial score (nSPS) is 11.2. The lowest BCUT2D eigenvalue weighted by molar-refractivity contribution is 0.415. The zero-order valence-electron chi connectivity index (χ0n) is 16.3. The molecule has 30 heavy (non-hydrogen) atoms. The quantitative estimate of drug-likeness (QED) is 0.467. The highest BCUT2D eigenvalue weighted by Crippen LogP contribution is 2.32. The smallest absolute Gasteiger partial charge is 0.263 e. The predicted octanol–water partition coefficient (Wildman–Crippen LogP) is 4.74. The van der Waals surface area contributed by atoms with Crippen molar-refractivity contribution in [3.8, 4) is 17.1 Å². The molecule has 0 amide bonds. The Labute approximate surface area is 175 Å². The van der Waals surface area contributed by atoms with Crippen LogP contribution in [0.25, 0.3) is 11.3 Å². The number of rotatable bonds is 7. The molecule has 0 atom stereocenters. The molecule has 1 aromatic heterocycles. The van der Waals surface area contributed by atoms with Gasteiger partial charge in [0.15, 0.2) is 11.6 Å². The van der Waals surface area contributed by atoms with Crippen LogP contribution in [0.4, 0.5) is 5.82 Å².